The Hall–Kier alpha value is -1.06. The van der Waals surface area contributed by atoms with Crippen LogP contribution in [0.5, 0.6) is 5.75 Å². The van der Waals surface area contributed by atoms with Gasteiger partial charge in [0.15, 0.2) is 0 Å². The van der Waals surface area contributed by atoms with Crippen LogP contribution >= 0.6 is 0 Å². The minimum atomic E-state index is 0.171. The Morgan fingerprint density at radius 2 is 2.07 bits per heavy atom. The van der Waals surface area contributed by atoms with Crippen molar-refractivity contribution in [2.45, 2.75) is 13.0 Å². The molecule has 1 N–H and O–H groups in total. The molecule has 1 aromatic carbocycles. The number of rotatable bonds is 5. The minimum absolute atomic E-state index is 0.171. The van der Waals surface area contributed by atoms with E-state index in [1.165, 1.54) is 5.56 Å². The zero-order chi connectivity index (χ0) is 11.3. The van der Waals surface area contributed by atoms with Crippen molar-refractivity contribution < 1.29 is 9.47 Å². The molecule has 84 valence electrons. The molecule has 1 rings (SSSR count). The van der Waals surface area contributed by atoms with Crippen LogP contribution in [-0.4, -0.2) is 27.9 Å². The van der Waals surface area contributed by atoms with Gasteiger partial charge in [-0.25, -0.2) is 0 Å². The highest BCUT2D eigenvalue weighted by atomic mass is 16.5. The second-order valence-electron chi connectivity index (χ2n) is 3.54. The molecule has 1 atom stereocenters. The van der Waals surface area contributed by atoms with Crippen molar-refractivity contribution in [3.05, 3.63) is 29.3 Å². The standard InChI is InChI=1S/C12H19NO2/c1-9-5-6-12(15-4)10(7-9)11(13-2)8-14-3/h5-7,11,13H,8H2,1-4H3. The van der Waals surface area contributed by atoms with E-state index < -0.39 is 0 Å². The fourth-order valence-corrected chi connectivity index (χ4v) is 1.62. The third kappa shape index (κ3) is 2.94. The van der Waals surface area contributed by atoms with Gasteiger partial charge in [0.05, 0.1) is 19.8 Å². The third-order valence-corrected chi connectivity index (χ3v) is 2.44. The lowest BCUT2D eigenvalue weighted by molar-refractivity contribution is 0.169. The SMILES string of the molecule is CNC(COC)c1cc(C)ccc1OC. The van der Waals surface area contributed by atoms with E-state index in [0.717, 1.165) is 11.3 Å². The Morgan fingerprint density at radius 1 is 1.33 bits per heavy atom. The summed E-state index contributed by atoms with van der Waals surface area (Å²) >= 11 is 0. The van der Waals surface area contributed by atoms with Gasteiger partial charge in [-0.3, -0.25) is 0 Å². The van der Waals surface area contributed by atoms with Crippen molar-refractivity contribution in [3.63, 3.8) is 0 Å². The van der Waals surface area contributed by atoms with Gasteiger partial charge >= 0.3 is 0 Å². The van der Waals surface area contributed by atoms with Crippen LogP contribution in [0.25, 0.3) is 0 Å². The summed E-state index contributed by atoms with van der Waals surface area (Å²) in [6.45, 7) is 2.71. The number of benzene rings is 1. The second-order valence-corrected chi connectivity index (χ2v) is 3.54. The summed E-state index contributed by atoms with van der Waals surface area (Å²) in [5.74, 6) is 0.900. The molecule has 0 aliphatic carbocycles. The predicted molar refractivity (Wildman–Crippen MR) is 61.4 cm³/mol. The normalized spacial score (nSPS) is 12.5. The number of likely N-dealkylation sites (N-methyl/N-ethyl adjacent to an activating group) is 1. The number of hydrogen-bond acceptors (Lipinski definition) is 3. The molecule has 0 spiro atoms. The molecule has 0 fully saturated rings. The number of ether oxygens (including phenoxy) is 2. The van der Waals surface area contributed by atoms with Crippen LogP contribution in [0.2, 0.25) is 0 Å². The van der Waals surface area contributed by atoms with Crippen molar-refractivity contribution in [1.29, 1.82) is 0 Å². The highest BCUT2D eigenvalue weighted by Gasteiger charge is 2.13. The van der Waals surface area contributed by atoms with E-state index in [2.05, 4.69) is 18.3 Å². The lowest BCUT2D eigenvalue weighted by Crippen LogP contribution is -2.21. The molecule has 1 unspecified atom stereocenters. The van der Waals surface area contributed by atoms with Crippen molar-refractivity contribution in [3.8, 4) is 5.75 Å². The first kappa shape index (κ1) is 12.0. The fraction of sp³-hybridized carbons (Fsp3) is 0.500. The van der Waals surface area contributed by atoms with Crippen LogP contribution in [0.4, 0.5) is 0 Å². The Morgan fingerprint density at radius 3 is 2.60 bits per heavy atom. The highest BCUT2D eigenvalue weighted by molar-refractivity contribution is 5.39. The van der Waals surface area contributed by atoms with Crippen molar-refractivity contribution in [1.82, 2.24) is 5.32 Å². The van der Waals surface area contributed by atoms with E-state index in [1.54, 1.807) is 14.2 Å². The summed E-state index contributed by atoms with van der Waals surface area (Å²) < 4.78 is 10.5. The molecule has 0 saturated heterocycles. The van der Waals surface area contributed by atoms with Gasteiger partial charge in [0.1, 0.15) is 5.75 Å². The van der Waals surface area contributed by atoms with E-state index in [4.69, 9.17) is 9.47 Å². The molecule has 3 nitrogen and oxygen atoms in total. The number of aryl methyl sites for hydroxylation is 1. The van der Waals surface area contributed by atoms with E-state index >= 15 is 0 Å². The largest absolute Gasteiger partial charge is 0.496 e. The average molecular weight is 209 g/mol. The van der Waals surface area contributed by atoms with Gasteiger partial charge in [0.25, 0.3) is 0 Å². The third-order valence-electron chi connectivity index (χ3n) is 2.44. The first-order valence-corrected chi connectivity index (χ1v) is 5.03. The molecule has 1 aromatic rings. The van der Waals surface area contributed by atoms with E-state index in [1.807, 2.05) is 19.2 Å². The highest BCUT2D eigenvalue weighted by Crippen LogP contribution is 2.26. The Labute approximate surface area is 91.4 Å². The maximum Gasteiger partial charge on any atom is 0.123 e. The Bertz CT molecular complexity index is 312. The maximum atomic E-state index is 5.33. The van der Waals surface area contributed by atoms with Gasteiger partial charge in [-0.1, -0.05) is 17.7 Å². The Kier molecular flexibility index (Phi) is 4.59. The van der Waals surface area contributed by atoms with Crippen molar-refractivity contribution >= 4 is 0 Å². The zero-order valence-electron chi connectivity index (χ0n) is 9.83. The van der Waals surface area contributed by atoms with Crippen LogP contribution in [0.1, 0.15) is 17.2 Å². The molecule has 3 heteroatoms. The number of hydrogen-bond donors (Lipinski definition) is 1. The van der Waals surface area contributed by atoms with E-state index in [9.17, 15) is 0 Å². The first-order chi connectivity index (χ1) is 7.22. The van der Waals surface area contributed by atoms with Crippen LogP contribution in [-0.2, 0) is 4.74 Å². The van der Waals surface area contributed by atoms with Gasteiger partial charge in [0, 0.05) is 12.7 Å². The fourth-order valence-electron chi connectivity index (χ4n) is 1.62. The molecule has 0 bridgehead atoms. The van der Waals surface area contributed by atoms with Crippen molar-refractivity contribution in [2.24, 2.45) is 0 Å². The van der Waals surface area contributed by atoms with Crippen molar-refractivity contribution in [2.75, 3.05) is 27.9 Å². The van der Waals surface area contributed by atoms with E-state index in [0.29, 0.717) is 6.61 Å². The van der Waals surface area contributed by atoms with Gasteiger partial charge in [0.2, 0.25) is 0 Å². The van der Waals surface area contributed by atoms with Crippen LogP contribution < -0.4 is 10.1 Å². The van der Waals surface area contributed by atoms with Crippen LogP contribution in [0.15, 0.2) is 18.2 Å². The summed E-state index contributed by atoms with van der Waals surface area (Å²) in [7, 11) is 5.31. The maximum absolute atomic E-state index is 5.33. The molecule has 0 aromatic heterocycles. The number of methoxy groups -OCH3 is 2. The summed E-state index contributed by atoms with van der Waals surface area (Å²) in [5, 5.41) is 3.22. The smallest absolute Gasteiger partial charge is 0.123 e. The van der Waals surface area contributed by atoms with E-state index in [-0.39, 0.29) is 6.04 Å². The lowest BCUT2D eigenvalue weighted by atomic mass is 10.0. The summed E-state index contributed by atoms with van der Waals surface area (Å²) in [5.41, 5.74) is 2.36. The molecule has 0 aliphatic rings. The zero-order valence-corrected chi connectivity index (χ0v) is 9.83. The molecule has 0 radical (unpaired) electrons. The number of nitrogens with one attached hydrogen (secondary N) is 1. The van der Waals surface area contributed by atoms with Gasteiger partial charge in [-0.05, 0) is 20.0 Å². The molecule has 0 amide bonds. The minimum Gasteiger partial charge on any atom is -0.496 e. The predicted octanol–water partition coefficient (Wildman–Crippen LogP) is 1.91. The van der Waals surface area contributed by atoms with Gasteiger partial charge in [-0.15, -0.1) is 0 Å². The summed E-state index contributed by atoms with van der Waals surface area (Å²) in [6.07, 6.45) is 0. The molecule has 15 heavy (non-hydrogen) atoms. The Balaban J connectivity index is 3.02. The topological polar surface area (TPSA) is 30.5 Å². The molecule has 0 saturated carbocycles. The molecule has 0 aliphatic heterocycles. The van der Waals surface area contributed by atoms with Crippen LogP contribution in [0, 0.1) is 6.92 Å². The van der Waals surface area contributed by atoms with Crippen LogP contribution in [0.3, 0.4) is 0 Å². The lowest BCUT2D eigenvalue weighted by Gasteiger charge is -2.19. The quantitative estimate of drug-likeness (QED) is 0.803. The summed E-state index contributed by atoms with van der Waals surface area (Å²) in [4.78, 5) is 0. The van der Waals surface area contributed by atoms with Gasteiger partial charge < -0.3 is 14.8 Å². The molecular weight excluding hydrogens is 190 g/mol. The monoisotopic (exact) mass is 209 g/mol. The first-order valence-electron chi connectivity index (χ1n) is 5.03. The average Bonchev–Trinajstić information content (AvgIpc) is 2.26. The molecular formula is C12H19NO2. The second kappa shape index (κ2) is 5.73. The molecule has 0 heterocycles. The summed E-state index contributed by atoms with van der Waals surface area (Å²) in [6, 6.07) is 6.33. The van der Waals surface area contributed by atoms with Gasteiger partial charge in [-0.2, -0.15) is 0 Å².